The van der Waals surface area contributed by atoms with Gasteiger partial charge in [-0.1, -0.05) is 6.42 Å². The fraction of sp³-hybridized carbons (Fsp3) is 0.941. The quantitative estimate of drug-likeness (QED) is 0.837. The molecule has 2 amide bonds. The minimum atomic E-state index is -0.837. The highest BCUT2D eigenvalue weighted by molar-refractivity contribution is 5.75. The first kappa shape index (κ1) is 17.5. The third-order valence-corrected chi connectivity index (χ3v) is 5.21. The average Bonchev–Trinajstić information content (AvgIpc) is 2.95. The summed E-state index contributed by atoms with van der Waals surface area (Å²) in [5.41, 5.74) is -0.851. The SMILES string of the molecule is CC(C)(O)C1CCCN1C(=O)NCC(C)(C)N1CCCCC1. The number of urea groups is 1. The van der Waals surface area contributed by atoms with E-state index in [2.05, 4.69) is 24.1 Å². The van der Waals surface area contributed by atoms with Crippen LogP contribution in [0.2, 0.25) is 0 Å². The Morgan fingerprint density at radius 1 is 1.09 bits per heavy atom. The topological polar surface area (TPSA) is 55.8 Å². The van der Waals surface area contributed by atoms with Crippen LogP contribution >= 0.6 is 0 Å². The molecule has 2 aliphatic heterocycles. The van der Waals surface area contributed by atoms with Crippen LogP contribution in [0.25, 0.3) is 0 Å². The number of aliphatic hydroxyl groups is 1. The van der Waals surface area contributed by atoms with Gasteiger partial charge in [0.1, 0.15) is 0 Å². The van der Waals surface area contributed by atoms with Gasteiger partial charge in [0, 0.05) is 18.6 Å². The summed E-state index contributed by atoms with van der Waals surface area (Å²) >= 11 is 0. The Morgan fingerprint density at radius 2 is 1.73 bits per heavy atom. The molecule has 0 aromatic rings. The second kappa shape index (κ2) is 6.75. The number of rotatable bonds is 4. The maximum absolute atomic E-state index is 12.5. The zero-order valence-electron chi connectivity index (χ0n) is 14.7. The maximum Gasteiger partial charge on any atom is 0.317 e. The lowest BCUT2D eigenvalue weighted by atomic mass is 9.97. The van der Waals surface area contributed by atoms with E-state index in [-0.39, 0.29) is 17.6 Å². The number of amides is 2. The highest BCUT2D eigenvalue weighted by Gasteiger charge is 2.39. The van der Waals surface area contributed by atoms with E-state index < -0.39 is 5.60 Å². The summed E-state index contributed by atoms with van der Waals surface area (Å²) in [6.45, 7) is 11.6. The third kappa shape index (κ3) is 4.13. The number of carbonyl (C=O) groups is 1. The molecule has 1 atom stereocenters. The van der Waals surface area contributed by atoms with E-state index in [0.29, 0.717) is 6.54 Å². The van der Waals surface area contributed by atoms with Crippen molar-refractivity contribution in [2.24, 2.45) is 0 Å². The lowest BCUT2D eigenvalue weighted by Crippen LogP contribution is -2.57. The van der Waals surface area contributed by atoms with Crippen LogP contribution in [0.3, 0.4) is 0 Å². The van der Waals surface area contributed by atoms with E-state index in [9.17, 15) is 9.90 Å². The van der Waals surface area contributed by atoms with Crippen molar-refractivity contribution in [3.05, 3.63) is 0 Å². The van der Waals surface area contributed by atoms with Crippen LogP contribution in [0.1, 0.15) is 59.8 Å². The average molecular weight is 311 g/mol. The van der Waals surface area contributed by atoms with E-state index in [0.717, 1.165) is 32.5 Å². The molecule has 5 nitrogen and oxygen atoms in total. The maximum atomic E-state index is 12.5. The number of piperidine rings is 1. The number of hydrogen-bond donors (Lipinski definition) is 2. The summed E-state index contributed by atoms with van der Waals surface area (Å²) in [5, 5.41) is 13.3. The van der Waals surface area contributed by atoms with Crippen LogP contribution < -0.4 is 5.32 Å². The predicted molar refractivity (Wildman–Crippen MR) is 88.9 cm³/mol. The van der Waals surface area contributed by atoms with Gasteiger partial charge in [0.15, 0.2) is 0 Å². The van der Waals surface area contributed by atoms with Gasteiger partial charge in [0.25, 0.3) is 0 Å². The van der Waals surface area contributed by atoms with E-state index >= 15 is 0 Å². The van der Waals surface area contributed by atoms with Crippen molar-refractivity contribution in [2.45, 2.75) is 77.0 Å². The standard InChI is InChI=1S/C17H33N3O2/c1-16(2,19-10-6-5-7-11-19)13-18-15(21)20-12-8-9-14(20)17(3,4)22/h14,22H,5-13H2,1-4H3,(H,18,21). The Morgan fingerprint density at radius 3 is 2.32 bits per heavy atom. The predicted octanol–water partition coefficient (Wildman–Crippen LogP) is 2.20. The Bertz CT molecular complexity index is 384. The number of hydrogen-bond acceptors (Lipinski definition) is 3. The number of nitrogens with zero attached hydrogens (tertiary/aromatic N) is 2. The minimum Gasteiger partial charge on any atom is -0.388 e. The number of carbonyl (C=O) groups excluding carboxylic acids is 1. The molecular formula is C17H33N3O2. The summed E-state index contributed by atoms with van der Waals surface area (Å²) < 4.78 is 0. The van der Waals surface area contributed by atoms with Gasteiger partial charge in [-0.25, -0.2) is 4.79 Å². The van der Waals surface area contributed by atoms with Gasteiger partial charge in [-0.3, -0.25) is 4.90 Å². The van der Waals surface area contributed by atoms with Crippen LogP contribution in [0.5, 0.6) is 0 Å². The molecule has 1 unspecified atom stereocenters. The zero-order valence-corrected chi connectivity index (χ0v) is 14.7. The Kier molecular flexibility index (Phi) is 5.38. The number of likely N-dealkylation sites (tertiary alicyclic amines) is 2. The fourth-order valence-electron chi connectivity index (χ4n) is 3.75. The third-order valence-electron chi connectivity index (χ3n) is 5.21. The molecule has 0 spiro atoms. The van der Waals surface area contributed by atoms with Crippen molar-refractivity contribution in [3.8, 4) is 0 Å². The van der Waals surface area contributed by atoms with Gasteiger partial charge in [0.05, 0.1) is 11.6 Å². The van der Waals surface area contributed by atoms with Crippen LogP contribution in [-0.4, -0.2) is 64.3 Å². The summed E-state index contributed by atoms with van der Waals surface area (Å²) in [7, 11) is 0. The molecule has 2 fully saturated rings. The Labute approximate surface area is 135 Å². The second-order valence-electron chi connectivity index (χ2n) is 8.02. The van der Waals surface area contributed by atoms with E-state index in [1.165, 1.54) is 19.3 Å². The van der Waals surface area contributed by atoms with Gasteiger partial charge >= 0.3 is 6.03 Å². The molecule has 0 saturated carbocycles. The fourth-order valence-corrected chi connectivity index (χ4v) is 3.75. The van der Waals surface area contributed by atoms with Gasteiger partial charge < -0.3 is 15.3 Å². The molecule has 2 aliphatic rings. The monoisotopic (exact) mass is 311 g/mol. The van der Waals surface area contributed by atoms with Gasteiger partial charge in [-0.15, -0.1) is 0 Å². The van der Waals surface area contributed by atoms with Crippen LogP contribution in [0.15, 0.2) is 0 Å². The number of nitrogens with one attached hydrogen (secondary N) is 1. The largest absolute Gasteiger partial charge is 0.388 e. The van der Waals surface area contributed by atoms with Crippen molar-refractivity contribution in [2.75, 3.05) is 26.2 Å². The smallest absolute Gasteiger partial charge is 0.317 e. The lowest BCUT2D eigenvalue weighted by Gasteiger charge is -2.41. The molecule has 2 heterocycles. The molecule has 0 bridgehead atoms. The minimum absolute atomic E-state index is 0.0139. The summed E-state index contributed by atoms with van der Waals surface area (Å²) in [5.74, 6) is 0. The molecule has 128 valence electrons. The highest BCUT2D eigenvalue weighted by Crippen LogP contribution is 2.27. The van der Waals surface area contributed by atoms with Crippen LogP contribution in [0, 0.1) is 0 Å². The molecule has 5 heteroatoms. The zero-order chi connectivity index (χ0) is 16.4. The van der Waals surface area contributed by atoms with E-state index in [1.54, 1.807) is 13.8 Å². The van der Waals surface area contributed by atoms with E-state index in [4.69, 9.17) is 0 Å². The molecule has 0 radical (unpaired) electrons. The Hall–Kier alpha value is -0.810. The normalized spacial score (nSPS) is 24.6. The van der Waals surface area contributed by atoms with Gasteiger partial charge in [-0.05, 0) is 66.5 Å². The van der Waals surface area contributed by atoms with Crippen LogP contribution in [-0.2, 0) is 0 Å². The first-order valence-corrected chi connectivity index (χ1v) is 8.74. The molecular weight excluding hydrogens is 278 g/mol. The van der Waals surface area contributed by atoms with Gasteiger partial charge in [-0.2, -0.15) is 0 Å². The van der Waals surface area contributed by atoms with Gasteiger partial charge in [0.2, 0.25) is 0 Å². The molecule has 22 heavy (non-hydrogen) atoms. The molecule has 2 saturated heterocycles. The van der Waals surface area contributed by atoms with Crippen LogP contribution in [0.4, 0.5) is 4.79 Å². The van der Waals surface area contributed by atoms with Crippen molar-refractivity contribution < 1.29 is 9.90 Å². The Balaban J connectivity index is 1.89. The summed E-state index contributed by atoms with van der Waals surface area (Å²) in [4.78, 5) is 16.8. The highest BCUT2D eigenvalue weighted by atomic mass is 16.3. The lowest BCUT2D eigenvalue weighted by molar-refractivity contribution is 0.00907. The molecule has 0 aliphatic carbocycles. The second-order valence-corrected chi connectivity index (χ2v) is 8.02. The molecule has 0 aromatic heterocycles. The van der Waals surface area contributed by atoms with E-state index in [1.807, 2.05) is 4.90 Å². The van der Waals surface area contributed by atoms with Crippen molar-refractivity contribution in [1.29, 1.82) is 0 Å². The first-order valence-electron chi connectivity index (χ1n) is 8.74. The molecule has 0 aromatic carbocycles. The van der Waals surface area contributed by atoms with Crippen molar-refractivity contribution >= 4 is 6.03 Å². The summed E-state index contributed by atoms with van der Waals surface area (Å²) in [6, 6.07) is -0.111. The van der Waals surface area contributed by atoms with Crippen molar-refractivity contribution in [3.63, 3.8) is 0 Å². The van der Waals surface area contributed by atoms with Crippen molar-refractivity contribution in [1.82, 2.24) is 15.1 Å². The molecule has 2 N–H and O–H groups in total. The molecule has 2 rings (SSSR count). The first-order chi connectivity index (χ1) is 10.2. The summed E-state index contributed by atoms with van der Waals surface area (Å²) in [6.07, 6.45) is 5.68.